The van der Waals surface area contributed by atoms with Crippen molar-refractivity contribution in [1.82, 2.24) is 5.01 Å². The molecule has 0 amide bonds. The molecule has 2 aliphatic rings. The lowest BCUT2D eigenvalue weighted by molar-refractivity contribution is -0.0190. The lowest BCUT2D eigenvalue weighted by Gasteiger charge is -2.38. The number of hydrogen-bond acceptors (Lipinski definition) is 4. The molecule has 3 aromatic rings. The Hall–Kier alpha value is -2.72. The molecule has 5 heteroatoms. The van der Waals surface area contributed by atoms with Crippen LogP contribution in [0.1, 0.15) is 66.7 Å². The third-order valence-corrected chi connectivity index (χ3v) is 5.90. The molecule has 2 aromatic carbocycles. The zero-order valence-corrected chi connectivity index (χ0v) is 17.5. The molecule has 3 heterocycles. The van der Waals surface area contributed by atoms with E-state index in [-0.39, 0.29) is 12.3 Å². The van der Waals surface area contributed by atoms with Crippen molar-refractivity contribution in [3.05, 3.63) is 87.8 Å². The third-order valence-electron chi connectivity index (χ3n) is 5.66. The summed E-state index contributed by atoms with van der Waals surface area (Å²) in [6.45, 7) is 6.35. The number of aryl methyl sites for hydroxylation is 1. The summed E-state index contributed by atoms with van der Waals surface area (Å²) in [5.41, 5.74) is 4.39. The van der Waals surface area contributed by atoms with Crippen molar-refractivity contribution in [1.29, 1.82) is 0 Å². The summed E-state index contributed by atoms with van der Waals surface area (Å²) in [6, 6.07) is 18.5. The second kappa shape index (κ2) is 6.96. The van der Waals surface area contributed by atoms with Gasteiger partial charge in [-0.3, -0.25) is 0 Å². The number of halogens is 1. The summed E-state index contributed by atoms with van der Waals surface area (Å²) in [7, 11) is 0. The molecule has 0 bridgehead atoms. The van der Waals surface area contributed by atoms with Crippen LogP contribution in [0.15, 0.2) is 64.1 Å². The minimum atomic E-state index is -0.288. The van der Waals surface area contributed by atoms with Gasteiger partial charge in [0.15, 0.2) is 0 Å². The van der Waals surface area contributed by atoms with Crippen LogP contribution in [0.5, 0.6) is 5.75 Å². The van der Waals surface area contributed by atoms with Crippen LogP contribution in [0.2, 0.25) is 5.02 Å². The summed E-state index contributed by atoms with van der Waals surface area (Å²) >= 11 is 6.29. The van der Waals surface area contributed by atoms with E-state index in [1.807, 2.05) is 37.3 Å². The minimum Gasteiger partial charge on any atom is -0.464 e. The molecule has 0 saturated carbocycles. The normalized spacial score (nSPS) is 20.3. The first-order valence-electron chi connectivity index (χ1n) is 9.98. The van der Waals surface area contributed by atoms with E-state index in [2.05, 4.69) is 43.1 Å². The minimum absolute atomic E-state index is 0.0626. The van der Waals surface area contributed by atoms with Gasteiger partial charge in [0, 0.05) is 22.6 Å². The molecular weight excluding hydrogens is 384 g/mol. The highest BCUT2D eigenvalue weighted by atomic mass is 35.5. The van der Waals surface area contributed by atoms with Gasteiger partial charge >= 0.3 is 0 Å². The van der Waals surface area contributed by atoms with Crippen LogP contribution in [-0.4, -0.2) is 10.7 Å². The molecule has 0 spiro atoms. The van der Waals surface area contributed by atoms with Crippen LogP contribution >= 0.6 is 11.6 Å². The van der Waals surface area contributed by atoms with Gasteiger partial charge in [0.25, 0.3) is 0 Å². The van der Waals surface area contributed by atoms with E-state index < -0.39 is 0 Å². The van der Waals surface area contributed by atoms with E-state index in [0.717, 1.165) is 40.5 Å². The highest BCUT2D eigenvalue weighted by Crippen LogP contribution is 2.48. The van der Waals surface area contributed by atoms with Gasteiger partial charge in [-0.25, -0.2) is 5.01 Å². The predicted octanol–water partition coefficient (Wildman–Crippen LogP) is 6.61. The van der Waals surface area contributed by atoms with Gasteiger partial charge in [0.05, 0.1) is 6.04 Å². The van der Waals surface area contributed by atoms with Crippen LogP contribution < -0.4 is 4.74 Å². The lowest BCUT2D eigenvalue weighted by Crippen LogP contribution is -2.33. The molecule has 0 N–H and O–H groups in total. The molecular formula is C24H23ClN2O2. The maximum atomic E-state index is 6.41. The maximum Gasteiger partial charge on any atom is 0.213 e. The fourth-order valence-corrected chi connectivity index (χ4v) is 4.24. The lowest BCUT2D eigenvalue weighted by atomic mass is 9.96. The number of rotatable bonds is 3. The van der Waals surface area contributed by atoms with Crippen molar-refractivity contribution in [2.45, 2.75) is 45.4 Å². The van der Waals surface area contributed by atoms with Crippen molar-refractivity contribution in [2.24, 2.45) is 5.10 Å². The molecule has 148 valence electrons. The van der Waals surface area contributed by atoms with Gasteiger partial charge in [-0.05, 0) is 48.7 Å². The van der Waals surface area contributed by atoms with Crippen LogP contribution in [0.25, 0.3) is 0 Å². The van der Waals surface area contributed by atoms with Gasteiger partial charge < -0.3 is 9.15 Å². The highest BCUT2D eigenvalue weighted by molar-refractivity contribution is 6.30. The van der Waals surface area contributed by atoms with E-state index in [0.29, 0.717) is 10.9 Å². The number of ether oxygens (including phenoxy) is 1. The summed E-state index contributed by atoms with van der Waals surface area (Å²) < 4.78 is 12.3. The van der Waals surface area contributed by atoms with Crippen LogP contribution in [-0.2, 0) is 0 Å². The van der Waals surface area contributed by atoms with Crippen molar-refractivity contribution in [3.8, 4) is 5.75 Å². The van der Waals surface area contributed by atoms with Crippen LogP contribution in [0, 0.1) is 6.92 Å². The maximum absolute atomic E-state index is 6.41. The second-order valence-electron chi connectivity index (χ2n) is 8.03. The smallest absolute Gasteiger partial charge is 0.213 e. The first kappa shape index (κ1) is 18.3. The second-order valence-corrected chi connectivity index (χ2v) is 8.47. The first-order chi connectivity index (χ1) is 14.0. The summed E-state index contributed by atoms with van der Waals surface area (Å²) in [5.74, 6) is 3.05. The molecule has 0 radical (unpaired) electrons. The average molecular weight is 407 g/mol. The molecule has 2 atom stereocenters. The molecule has 5 rings (SSSR count). The number of hydrazone groups is 1. The summed E-state index contributed by atoms with van der Waals surface area (Å²) in [5, 5.41) is 7.68. The van der Waals surface area contributed by atoms with Crippen LogP contribution in [0.3, 0.4) is 0 Å². The number of furan rings is 1. The Morgan fingerprint density at radius 2 is 1.86 bits per heavy atom. The predicted molar refractivity (Wildman–Crippen MR) is 115 cm³/mol. The van der Waals surface area contributed by atoms with Gasteiger partial charge in [-0.2, -0.15) is 5.10 Å². The van der Waals surface area contributed by atoms with Gasteiger partial charge in [-0.15, -0.1) is 0 Å². The Morgan fingerprint density at radius 1 is 1.07 bits per heavy atom. The molecule has 4 nitrogen and oxygen atoms in total. The molecule has 0 unspecified atom stereocenters. The molecule has 0 aliphatic carbocycles. The van der Waals surface area contributed by atoms with Crippen molar-refractivity contribution in [2.75, 3.05) is 0 Å². The zero-order valence-electron chi connectivity index (χ0n) is 16.7. The van der Waals surface area contributed by atoms with Crippen LogP contribution in [0.4, 0.5) is 0 Å². The van der Waals surface area contributed by atoms with Gasteiger partial charge in [0.2, 0.25) is 6.23 Å². The topological polar surface area (TPSA) is 38.0 Å². The SMILES string of the molecule is Cc1ccc(C2=NN3[C@@H](C2)c2cc(Cl)ccc2O[C@H]3c2ccc(C(C)C)cc2)o1. The number of benzene rings is 2. The fraction of sp³-hybridized carbons (Fsp3) is 0.292. The summed E-state index contributed by atoms with van der Waals surface area (Å²) in [4.78, 5) is 0. The Labute approximate surface area is 175 Å². The largest absolute Gasteiger partial charge is 0.464 e. The average Bonchev–Trinajstić information content (AvgIpc) is 3.34. The van der Waals surface area contributed by atoms with Crippen molar-refractivity contribution in [3.63, 3.8) is 0 Å². The standard InChI is InChI=1S/C24H23ClN2O2/c1-14(2)16-5-7-17(8-6-16)24-27-21(19-12-18(25)9-11-22(19)29-24)13-20(26-27)23-10-4-15(3)28-23/h4-12,14,21,24H,13H2,1-3H3/t21-,24-/m0/s1. The number of hydrogen-bond donors (Lipinski definition) is 0. The molecule has 0 saturated heterocycles. The van der Waals surface area contributed by atoms with Crippen molar-refractivity contribution >= 4 is 17.3 Å². The Bertz CT molecular complexity index is 1080. The third kappa shape index (κ3) is 3.22. The zero-order chi connectivity index (χ0) is 20.1. The molecule has 1 aromatic heterocycles. The molecule has 29 heavy (non-hydrogen) atoms. The highest BCUT2D eigenvalue weighted by Gasteiger charge is 2.41. The van der Waals surface area contributed by atoms with E-state index >= 15 is 0 Å². The fourth-order valence-electron chi connectivity index (χ4n) is 4.06. The number of nitrogens with zero attached hydrogens (tertiary/aromatic N) is 2. The monoisotopic (exact) mass is 406 g/mol. The number of fused-ring (bicyclic) bond motifs is 3. The van der Waals surface area contributed by atoms with E-state index in [1.165, 1.54) is 5.56 Å². The Kier molecular flexibility index (Phi) is 4.39. The quantitative estimate of drug-likeness (QED) is 0.491. The van der Waals surface area contributed by atoms with Gasteiger partial charge in [0.1, 0.15) is 23.0 Å². The summed E-state index contributed by atoms with van der Waals surface area (Å²) in [6.07, 6.45) is 0.466. The van der Waals surface area contributed by atoms with Crippen molar-refractivity contribution < 1.29 is 9.15 Å². The Morgan fingerprint density at radius 3 is 2.55 bits per heavy atom. The first-order valence-corrected chi connectivity index (χ1v) is 10.4. The molecule has 2 aliphatic heterocycles. The molecule has 0 fully saturated rings. The van der Waals surface area contributed by atoms with E-state index in [1.54, 1.807) is 0 Å². The van der Waals surface area contributed by atoms with Gasteiger partial charge in [-0.1, -0.05) is 49.7 Å². The Balaban J connectivity index is 1.57. The van der Waals surface area contributed by atoms with E-state index in [4.69, 9.17) is 25.9 Å². The van der Waals surface area contributed by atoms with E-state index in [9.17, 15) is 0 Å².